The average Bonchev–Trinajstić information content (AvgIpc) is 2.20. The highest BCUT2D eigenvalue weighted by Crippen LogP contribution is 2.22. The van der Waals surface area contributed by atoms with Gasteiger partial charge in [-0.15, -0.1) is 0 Å². The summed E-state index contributed by atoms with van der Waals surface area (Å²) in [5.74, 6) is -0.278. The van der Waals surface area contributed by atoms with E-state index in [0.29, 0.717) is 10.4 Å². The third kappa shape index (κ3) is 2.72. The van der Waals surface area contributed by atoms with Crippen LogP contribution in [0.5, 0.6) is 0 Å². The Hall–Kier alpha value is -0.540. The van der Waals surface area contributed by atoms with Crippen molar-refractivity contribution in [1.82, 2.24) is 0 Å². The van der Waals surface area contributed by atoms with Crippen LogP contribution in [-0.2, 0) is 21.3 Å². The summed E-state index contributed by atoms with van der Waals surface area (Å²) in [6.07, 6.45) is 0.219. The Balaban J connectivity index is 2.98. The molecule has 0 aliphatic rings. The van der Waals surface area contributed by atoms with Crippen molar-refractivity contribution in [2.24, 2.45) is 0 Å². The summed E-state index contributed by atoms with van der Waals surface area (Å²) in [5.41, 5.74) is 1.85. The number of benzene rings is 1. The van der Waals surface area contributed by atoms with Crippen LogP contribution in [0, 0.1) is 0 Å². The van der Waals surface area contributed by atoms with E-state index in [1.165, 1.54) is 7.11 Å². The molecule has 0 radical (unpaired) electrons. The molecule has 0 aromatic heterocycles. The van der Waals surface area contributed by atoms with Crippen LogP contribution in [0.2, 0.25) is 5.02 Å². The van der Waals surface area contributed by atoms with E-state index in [-0.39, 0.29) is 12.4 Å². The Morgan fingerprint density at radius 2 is 2.29 bits per heavy atom. The molecule has 0 N–H and O–H groups in total. The van der Waals surface area contributed by atoms with Crippen LogP contribution in [0.3, 0.4) is 0 Å². The number of alkyl halides is 1. The first-order valence-corrected chi connectivity index (χ1v) is 5.58. The number of carbonyl (C=O) groups excluding carboxylic acids is 1. The van der Waals surface area contributed by atoms with Crippen molar-refractivity contribution in [1.29, 1.82) is 0 Å². The van der Waals surface area contributed by atoms with Gasteiger partial charge in [-0.2, -0.15) is 0 Å². The SMILES string of the molecule is COC(=O)Cc1c(Cl)cccc1CBr. The molecule has 0 saturated carbocycles. The molecule has 0 aliphatic carbocycles. The third-order valence-electron chi connectivity index (χ3n) is 1.91. The lowest BCUT2D eigenvalue weighted by atomic mass is 10.1. The first-order chi connectivity index (χ1) is 6.69. The Kier molecular flexibility index (Phi) is 4.42. The smallest absolute Gasteiger partial charge is 0.310 e. The molecule has 14 heavy (non-hydrogen) atoms. The van der Waals surface area contributed by atoms with Crippen LogP contribution in [0.15, 0.2) is 18.2 Å². The maximum Gasteiger partial charge on any atom is 0.310 e. The zero-order chi connectivity index (χ0) is 10.6. The Morgan fingerprint density at radius 1 is 1.57 bits per heavy atom. The number of methoxy groups -OCH3 is 1. The topological polar surface area (TPSA) is 26.3 Å². The molecule has 1 aromatic carbocycles. The fraction of sp³-hybridized carbons (Fsp3) is 0.300. The number of esters is 1. The number of carbonyl (C=O) groups is 1. The lowest BCUT2D eigenvalue weighted by molar-refractivity contribution is -0.139. The monoisotopic (exact) mass is 276 g/mol. The van der Waals surface area contributed by atoms with Gasteiger partial charge in [-0.1, -0.05) is 39.7 Å². The van der Waals surface area contributed by atoms with Crippen LogP contribution >= 0.6 is 27.5 Å². The minimum atomic E-state index is -0.278. The first kappa shape index (κ1) is 11.5. The van der Waals surface area contributed by atoms with Gasteiger partial charge in [-0.05, 0) is 17.2 Å². The second-order valence-electron chi connectivity index (χ2n) is 2.76. The van der Waals surface area contributed by atoms with Crippen molar-refractivity contribution < 1.29 is 9.53 Å². The molecule has 0 aliphatic heterocycles. The first-order valence-electron chi connectivity index (χ1n) is 4.08. The van der Waals surface area contributed by atoms with Gasteiger partial charge in [0.25, 0.3) is 0 Å². The van der Waals surface area contributed by atoms with Crippen molar-refractivity contribution in [3.63, 3.8) is 0 Å². The molecule has 0 bridgehead atoms. The molecule has 0 amide bonds. The summed E-state index contributed by atoms with van der Waals surface area (Å²) in [5, 5.41) is 1.28. The highest BCUT2D eigenvalue weighted by atomic mass is 79.9. The van der Waals surface area contributed by atoms with Crippen molar-refractivity contribution in [3.8, 4) is 0 Å². The van der Waals surface area contributed by atoms with E-state index in [9.17, 15) is 4.79 Å². The van der Waals surface area contributed by atoms with Gasteiger partial charge in [0.1, 0.15) is 0 Å². The second-order valence-corrected chi connectivity index (χ2v) is 3.73. The number of hydrogen-bond acceptors (Lipinski definition) is 2. The van der Waals surface area contributed by atoms with Crippen LogP contribution < -0.4 is 0 Å². The minimum absolute atomic E-state index is 0.219. The van der Waals surface area contributed by atoms with Gasteiger partial charge >= 0.3 is 5.97 Å². The summed E-state index contributed by atoms with van der Waals surface area (Å²) in [6.45, 7) is 0. The van der Waals surface area contributed by atoms with Crippen LogP contribution in [-0.4, -0.2) is 13.1 Å². The van der Waals surface area contributed by atoms with Gasteiger partial charge in [0, 0.05) is 10.4 Å². The van der Waals surface area contributed by atoms with E-state index in [1.807, 2.05) is 12.1 Å². The van der Waals surface area contributed by atoms with Gasteiger partial charge < -0.3 is 4.74 Å². The molecule has 0 atom stereocenters. The lowest BCUT2D eigenvalue weighted by Crippen LogP contribution is -2.06. The molecule has 1 aromatic rings. The summed E-state index contributed by atoms with van der Waals surface area (Å²) in [6, 6.07) is 5.56. The van der Waals surface area contributed by atoms with Crippen LogP contribution in [0.4, 0.5) is 0 Å². The Morgan fingerprint density at radius 3 is 2.86 bits per heavy atom. The van der Waals surface area contributed by atoms with E-state index in [2.05, 4.69) is 20.7 Å². The van der Waals surface area contributed by atoms with E-state index in [0.717, 1.165) is 11.1 Å². The fourth-order valence-electron chi connectivity index (χ4n) is 1.14. The van der Waals surface area contributed by atoms with Crippen molar-refractivity contribution in [3.05, 3.63) is 34.3 Å². The molecule has 76 valence electrons. The summed E-state index contributed by atoms with van der Waals surface area (Å²) < 4.78 is 4.60. The molecule has 2 nitrogen and oxygen atoms in total. The van der Waals surface area contributed by atoms with Crippen LogP contribution in [0.25, 0.3) is 0 Å². The third-order valence-corrected chi connectivity index (χ3v) is 2.87. The van der Waals surface area contributed by atoms with E-state index in [1.54, 1.807) is 6.07 Å². The number of halogens is 2. The van der Waals surface area contributed by atoms with Crippen LogP contribution in [0.1, 0.15) is 11.1 Å². The maximum atomic E-state index is 11.1. The summed E-state index contributed by atoms with van der Waals surface area (Å²) >= 11 is 9.32. The molecule has 0 spiro atoms. The van der Waals surface area contributed by atoms with Crippen molar-refractivity contribution >= 4 is 33.5 Å². The van der Waals surface area contributed by atoms with Crippen molar-refractivity contribution in [2.75, 3.05) is 7.11 Å². The van der Waals surface area contributed by atoms with Gasteiger partial charge in [0.15, 0.2) is 0 Å². The van der Waals surface area contributed by atoms with Gasteiger partial charge in [-0.3, -0.25) is 4.79 Å². The predicted molar refractivity (Wildman–Crippen MR) is 59.8 cm³/mol. The van der Waals surface area contributed by atoms with E-state index < -0.39 is 0 Å². The summed E-state index contributed by atoms with van der Waals surface area (Å²) in [7, 11) is 1.37. The molecule has 0 saturated heterocycles. The maximum absolute atomic E-state index is 11.1. The standard InChI is InChI=1S/C10H10BrClO2/c1-14-10(13)5-8-7(6-11)3-2-4-9(8)12/h2-4H,5-6H2,1H3. The Labute approximate surface area is 96.3 Å². The molecule has 0 unspecified atom stereocenters. The minimum Gasteiger partial charge on any atom is -0.469 e. The quantitative estimate of drug-likeness (QED) is 0.627. The number of rotatable bonds is 3. The van der Waals surface area contributed by atoms with Crippen molar-refractivity contribution in [2.45, 2.75) is 11.8 Å². The number of hydrogen-bond donors (Lipinski definition) is 0. The fourth-order valence-corrected chi connectivity index (χ4v) is 1.93. The Bertz CT molecular complexity index is 339. The predicted octanol–water partition coefficient (Wildman–Crippen LogP) is 2.95. The molecular weight excluding hydrogens is 267 g/mol. The second kappa shape index (κ2) is 5.37. The lowest BCUT2D eigenvalue weighted by Gasteiger charge is -2.07. The normalized spacial score (nSPS) is 9.93. The molecule has 0 heterocycles. The molecule has 1 rings (SSSR count). The zero-order valence-electron chi connectivity index (χ0n) is 7.72. The van der Waals surface area contributed by atoms with Gasteiger partial charge in [0.05, 0.1) is 13.5 Å². The number of ether oxygens (including phenoxy) is 1. The van der Waals surface area contributed by atoms with E-state index >= 15 is 0 Å². The largest absolute Gasteiger partial charge is 0.469 e. The average molecular weight is 278 g/mol. The van der Waals surface area contributed by atoms with Gasteiger partial charge in [-0.25, -0.2) is 0 Å². The van der Waals surface area contributed by atoms with E-state index in [4.69, 9.17) is 11.6 Å². The highest BCUT2D eigenvalue weighted by molar-refractivity contribution is 9.08. The molecular formula is C10H10BrClO2. The zero-order valence-corrected chi connectivity index (χ0v) is 10.1. The molecule has 4 heteroatoms. The molecule has 0 fully saturated rings. The summed E-state index contributed by atoms with van der Waals surface area (Å²) in [4.78, 5) is 11.1. The highest BCUT2D eigenvalue weighted by Gasteiger charge is 2.10. The van der Waals surface area contributed by atoms with Gasteiger partial charge in [0.2, 0.25) is 0 Å².